The van der Waals surface area contributed by atoms with Crippen molar-refractivity contribution in [3.05, 3.63) is 87.0 Å². The summed E-state index contributed by atoms with van der Waals surface area (Å²) in [7, 11) is 0. The van der Waals surface area contributed by atoms with Crippen molar-refractivity contribution in [2.75, 3.05) is 0 Å². The van der Waals surface area contributed by atoms with Gasteiger partial charge < -0.3 is 14.6 Å². The van der Waals surface area contributed by atoms with Crippen LogP contribution < -0.4 is 9.47 Å². The van der Waals surface area contributed by atoms with Crippen LogP contribution in [0.2, 0.25) is 0 Å². The van der Waals surface area contributed by atoms with Crippen LogP contribution in [0.4, 0.5) is 0 Å². The molecule has 0 spiro atoms. The lowest BCUT2D eigenvalue weighted by Crippen LogP contribution is -2.09. The summed E-state index contributed by atoms with van der Waals surface area (Å²) in [6, 6.07) is 14.8. The molecular formula is C44H66O3. The average molecular weight is 643 g/mol. The molecule has 0 saturated heterocycles. The summed E-state index contributed by atoms with van der Waals surface area (Å²) in [6.07, 6.45) is 20.9. The lowest BCUT2D eigenvalue weighted by atomic mass is 9.90. The predicted octanol–water partition coefficient (Wildman–Crippen LogP) is 12.6. The Morgan fingerprint density at radius 2 is 0.809 bits per heavy atom. The van der Waals surface area contributed by atoms with Gasteiger partial charge in [0.05, 0.1) is 0 Å². The Balaban J connectivity index is 1.91. The van der Waals surface area contributed by atoms with Gasteiger partial charge in [0.2, 0.25) is 0 Å². The largest absolute Gasteiger partial charge is 0.508 e. The van der Waals surface area contributed by atoms with E-state index in [4.69, 9.17) is 9.47 Å². The monoisotopic (exact) mass is 643 g/mol. The molecule has 3 heteroatoms. The van der Waals surface area contributed by atoms with E-state index < -0.39 is 0 Å². The van der Waals surface area contributed by atoms with Crippen LogP contribution in [-0.2, 0) is 51.7 Å². The molecule has 0 unspecified atom stereocenters. The maximum absolute atomic E-state index is 11.1. The first kappa shape index (κ1) is 38.5. The SMILES string of the molecule is CCCCc1ccc(OCc2cccc(O)c2COc2ccc(CCCC)c(CCCC)c2CCCC)c(CCCC)c1CCCC. The number of benzene rings is 3. The molecule has 3 aromatic carbocycles. The van der Waals surface area contributed by atoms with E-state index in [1.54, 1.807) is 6.07 Å². The molecule has 47 heavy (non-hydrogen) atoms. The van der Waals surface area contributed by atoms with Gasteiger partial charge in [-0.25, -0.2) is 0 Å². The summed E-state index contributed by atoms with van der Waals surface area (Å²) in [5, 5.41) is 11.1. The zero-order chi connectivity index (χ0) is 33.9. The van der Waals surface area contributed by atoms with Gasteiger partial charge in [-0.15, -0.1) is 0 Å². The summed E-state index contributed by atoms with van der Waals surface area (Å²) in [6.45, 7) is 14.4. The van der Waals surface area contributed by atoms with E-state index >= 15 is 0 Å². The van der Waals surface area contributed by atoms with Gasteiger partial charge in [0.1, 0.15) is 30.5 Å². The molecule has 0 fully saturated rings. The van der Waals surface area contributed by atoms with Gasteiger partial charge in [0.15, 0.2) is 0 Å². The number of ether oxygens (including phenoxy) is 2. The van der Waals surface area contributed by atoms with Gasteiger partial charge in [0.25, 0.3) is 0 Å². The van der Waals surface area contributed by atoms with E-state index in [0.29, 0.717) is 13.2 Å². The summed E-state index contributed by atoms with van der Waals surface area (Å²) in [5.74, 6) is 2.26. The first-order valence-electron chi connectivity index (χ1n) is 19.3. The Hall–Kier alpha value is -2.94. The normalized spacial score (nSPS) is 11.3. The molecule has 3 aromatic rings. The molecule has 1 N–H and O–H groups in total. The van der Waals surface area contributed by atoms with Crippen LogP contribution in [0.3, 0.4) is 0 Å². The van der Waals surface area contributed by atoms with Crippen molar-refractivity contribution in [3.63, 3.8) is 0 Å². The van der Waals surface area contributed by atoms with Crippen LogP contribution in [0.1, 0.15) is 163 Å². The third-order valence-corrected chi connectivity index (χ3v) is 9.69. The predicted molar refractivity (Wildman–Crippen MR) is 201 cm³/mol. The second-order valence-electron chi connectivity index (χ2n) is 13.5. The molecule has 0 aliphatic rings. The highest BCUT2D eigenvalue weighted by atomic mass is 16.5. The number of rotatable bonds is 24. The summed E-state index contributed by atoms with van der Waals surface area (Å²) < 4.78 is 13.3. The van der Waals surface area contributed by atoms with Gasteiger partial charge in [0, 0.05) is 5.56 Å². The van der Waals surface area contributed by atoms with Crippen molar-refractivity contribution in [3.8, 4) is 17.2 Å². The van der Waals surface area contributed by atoms with E-state index in [9.17, 15) is 5.11 Å². The average Bonchev–Trinajstić information content (AvgIpc) is 3.08. The molecule has 260 valence electrons. The number of hydrogen-bond acceptors (Lipinski definition) is 3. The van der Waals surface area contributed by atoms with Gasteiger partial charge in [-0.3, -0.25) is 0 Å². The standard InChI is InChI=1S/C44H66O3/c1-7-13-20-34-28-30-43(39(25-17-11-5)37(34)23-15-9-3)46-32-36-22-19-27-42(45)41(36)33-47-44-31-29-35(21-14-8-2)38(24-16-10-4)40(44)26-18-12-6/h19,22,27-31,45H,7-18,20-21,23-26,32-33H2,1-6H3. The van der Waals surface area contributed by atoms with E-state index in [1.165, 1.54) is 91.2 Å². The van der Waals surface area contributed by atoms with Gasteiger partial charge in [-0.2, -0.15) is 0 Å². The highest BCUT2D eigenvalue weighted by molar-refractivity contribution is 5.48. The topological polar surface area (TPSA) is 38.7 Å². The molecule has 0 aromatic heterocycles. The second kappa shape index (κ2) is 21.8. The quantitative estimate of drug-likeness (QED) is 0.106. The van der Waals surface area contributed by atoms with Gasteiger partial charge in [-0.1, -0.05) is 104 Å². The molecule has 0 atom stereocenters. The van der Waals surface area contributed by atoms with Crippen LogP contribution >= 0.6 is 0 Å². The van der Waals surface area contributed by atoms with Crippen molar-refractivity contribution in [2.45, 2.75) is 170 Å². The van der Waals surface area contributed by atoms with Crippen molar-refractivity contribution >= 4 is 0 Å². The van der Waals surface area contributed by atoms with E-state index in [-0.39, 0.29) is 5.75 Å². The highest BCUT2D eigenvalue weighted by Gasteiger charge is 2.18. The zero-order valence-corrected chi connectivity index (χ0v) is 30.9. The van der Waals surface area contributed by atoms with Crippen molar-refractivity contribution in [1.82, 2.24) is 0 Å². The minimum Gasteiger partial charge on any atom is -0.508 e. The first-order valence-corrected chi connectivity index (χ1v) is 19.3. The minimum atomic E-state index is 0.275. The lowest BCUT2D eigenvalue weighted by Gasteiger charge is -2.21. The fraction of sp³-hybridized carbons (Fsp3) is 0.591. The lowest BCUT2D eigenvalue weighted by molar-refractivity contribution is 0.276. The van der Waals surface area contributed by atoms with Crippen molar-refractivity contribution in [1.29, 1.82) is 0 Å². The fourth-order valence-electron chi connectivity index (χ4n) is 6.73. The highest BCUT2D eigenvalue weighted by Crippen LogP contribution is 2.34. The zero-order valence-electron chi connectivity index (χ0n) is 30.9. The van der Waals surface area contributed by atoms with E-state index in [2.05, 4.69) is 71.9 Å². The molecule has 0 radical (unpaired) electrons. The van der Waals surface area contributed by atoms with Crippen LogP contribution in [0.15, 0.2) is 42.5 Å². The molecule has 0 bridgehead atoms. The van der Waals surface area contributed by atoms with Crippen LogP contribution in [0, 0.1) is 0 Å². The number of phenols is 1. The smallest absolute Gasteiger partial charge is 0.123 e. The summed E-state index contributed by atoms with van der Waals surface area (Å²) >= 11 is 0. The summed E-state index contributed by atoms with van der Waals surface area (Å²) in [4.78, 5) is 0. The maximum atomic E-state index is 11.1. The second-order valence-corrected chi connectivity index (χ2v) is 13.5. The van der Waals surface area contributed by atoms with Crippen LogP contribution in [-0.4, -0.2) is 5.11 Å². The first-order chi connectivity index (χ1) is 23.0. The molecular weight excluding hydrogens is 576 g/mol. The number of unbranched alkanes of at least 4 members (excludes halogenated alkanes) is 6. The number of aryl methyl sites for hydroxylation is 2. The van der Waals surface area contributed by atoms with Crippen LogP contribution in [0.5, 0.6) is 17.2 Å². The third-order valence-electron chi connectivity index (χ3n) is 9.69. The minimum absolute atomic E-state index is 0.275. The maximum Gasteiger partial charge on any atom is 0.123 e. The molecule has 0 saturated carbocycles. The number of hydrogen-bond donors (Lipinski definition) is 1. The molecule has 0 aliphatic heterocycles. The van der Waals surface area contributed by atoms with Gasteiger partial charge >= 0.3 is 0 Å². The Labute approximate surface area is 288 Å². The van der Waals surface area contributed by atoms with Crippen LogP contribution in [0.25, 0.3) is 0 Å². The number of phenolic OH excluding ortho intramolecular Hbond substituents is 1. The molecule has 0 aliphatic carbocycles. The Kier molecular flexibility index (Phi) is 17.9. The third kappa shape index (κ3) is 11.6. The molecule has 0 amide bonds. The van der Waals surface area contributed by atoms with Crippen molar-refractivity contribution in [2.24, 2.45) is 0 Å². The fourth-order valence-corrected chi connectivity index (χ4v) is 6.73. The Morgan fingerprint density at radius 3 is 1.26 bits per heavy atom. The van der Waals surface area contributed by atoms with Gasteiger partial charge in [-0.05, 0) is 134 Å². The Morgan fingerprint density at radius 1 is 0.404 bits per heavy atom. The van der Waals surface area contributed by atoms with E-state index in [1.807, 2.05) is 6.07 Å². The molecule has 3 rings (SSSR count). The summed E-state index contributed by atoms with van der Waals surface area (Å²) in [5.41, 5.74) is 10.6. The van der Waals surface area contributed by atoms with Crippen molar-refractivity contribution < 1.29 is 14.6 Å². The van der Waals surface area contributed by atoms with E-state index in [0.717, 1.165) is 80.4 Å². The molecule has 3 nitrogen and oxygen atoms in total. The Bertz CT molecular complexity index is 1320. The molecule has 0 heterocycles. The number of aromatic hydroxyl groups is 1.